The van der Waals surface area contributed by atoms with Gasteiger partial charge in [-0.25, -0.2) is 0 Å². The maximum absolute atomic E-state index is 12.6. The van der Waals surface area contributed by atoms with Gasteiger partial charge >= 0.3 is 0 Å². The normalized spacial score (nSPS) is 15.8. The van der Waals surface area contributed by atoms with Gasteiger partial charge in [0.1, 0.15) is 23.1 Å². The summed E-state index contributed by atoms with van der Waals surface area (Å²) >= 11 is 0. The summed E-state index contributed by atoms with van der Waals surface area (Å²) in [6, 6.07) is 7.40. The van der Waals surface area contributed by atoms with Gasteiger partial charge in [0.15, 0.2) is 5.76 Å². The standard InChI is InChI=1S/C17H20N2O4/c1-10(20)16-14(17(21)18-12-4-3-5-12)15(19-23-16)11-6-8-13(22-2)9-7-11/h6-10,12,20H,3-5H2,1-2H3,(H,18,21). The van der Waals surface area contributed by atoms with Crippen LogP contribution < -0.4 is 10.1 Å². The Morgan fingerprint density at radius 1 is 1.39 bits per heavy atom. The number of nitrogens with zero attached hydrogens (tertiary/aromatic N) is 1. The lowest BCUT2D eigenvalue weighted by Crippen LogP contribution is -2.39. The third kappa shape index (κ3) is 3.07. The Morgan fingerprint density at radius 2 is 2.09 bits per heavy atom. The molecule has 3 rings (SSSR count). The van der Waals surface area contributed by atoms with Gasteiger partial charge in [-0.1, -0.05) is 5.16 Å². The summed E-state index contributed by atoms with van der Waals surface area (Å²) in [6.07, 6.45) is 2.19. The Balaban J connectivity index is 1.96. The van der Waals surface area contributed by atoms with Gasteiger partial charge in [-0.3, -0.25) is 4.79 Å². The number of carbonyl (C=O) groups excluding carboxylic acids is 1. The average molecular weight is 316 g/mol. The Kier molecular flexibility index (Phi) is 4.34. The van der Waals surface area contributed by atoms with Gasteiger partial charge < -0.3 is 19.7 Å². The van der Waals surface area contributed by atoms with E-state index in [1.165, 1.54) is 0 Å². The van der Waals surface area contributed by atoms with Crippen LogP contribution in [0.4, 0.5) is 0 Å². The first-order chi connectivity index (χ1) is 11.1. The summed E-state index contributed by atoms with van der Waals surface area (Å²) in [7, 11) is 1.59. The highest BCUT2D eigenvalue weighted by molar-refractivity contribution is 6.01. The zero-order chi connectivity index (χ0) is 16.4. The van der Waals surface area contributed by atoms with Crippen LogP contribution in [0.1, 0.15) is 48.4 Å². The van der Waals surface area contributed by atoms with E-state index in [0.29, 0.717) is 17.0 Å². The molecule has 0 saturated heterocycles. The average Bonchev–Trinajstić information content (AvgIpc) is 2.96. The molecule has 1 aromatic carbocycles. The fourth-order valence-corrected chi connectivity index (χ4v) is 2.56. The number of aliphatic hydroxyl groups is 1. The monoisotopic (exact) mass is 316 g/mol. The predicted molar refractivity (Wildman–Crippen MR) is 84.2 cm³/mol. The van der Waals surface area contributed by atoms with Crippen LogP contribution in [-0.4, -0.2) is 29.3 Å². The minimum Gasteiger partial charge on any atom is -0.497 e. The fourth-order valence-electron chi connectivity index (χ4n) is 2.56. The summed E-state index contributed by atoms with van der Waals surface area (Å²) in [5.74, 6) is 0.652. The molecule has 1 amide bonds. The van der Waals surface area contributed by atoms with Crippen LogP contribution in [0.5, 0.6) is 5.75 Å². The lowest BCUT2D eigenvalue weighted by molar-refractivity contribution is 0.0904. The molecule has 1 unspecified atom stereocenters. The number of methoxy groups -OCH3 is 1. The number of nitrogens with one attached hydrogen (secondary N) is 1. The molecule has 1 atom stereocenters. The molecule has 1 aliphatic rings. The molecular weight excluding hydrogens is 296 g/mol. The minimum absolute atomic E-state index is 0.188. The summed E-state index contributed by atoms with van der Waals surface area (Å²) in [6.45, 7) is 1.55. The molecule has 2 aromatic rings. The smallest absolute Gasteiger partial charge is 0.257 e. The van der Waals surface area contributed by atoms with E-state index in [1.54, 1.807) is 26.2 Å². The molecule has 0 aliphatic heterocycles. The number of amides is 1. The Labute approximate surface area is 134 Å². The van der Waals surface area contributed by atoms with Gasteiger partial charge in [-0.2, -0.15) is 0 Å². The Hall–Kier alpha value is -2.34. The lowest BCUT2D eigenvalue weighted by Gasteiger charge is -2.26. The van der Waals surface area contributed by atoms with Crippen molar-refractivity contribution < 1.29 is 19.2 Å². The number of carbonyl (C=O) groups is 1. The van der Waals surface area contributed by atoms with E-state index in [-0.39, 0.29) is 17.7 Å². The van der Waals surface area contributed by atoms with Crippen molar-refractivity contribution >= 4 is 5.91 Å². The number of aromatic nitrogens is 1. The SMILES string of the molecule is COc1ccc(-c2noc(C(C)O)c2C(=O)NC2CCC2)cc1. The Bertz CT molecular complexity index is 687. The molecule has 1 fully saturated rings. The van der Waals surface area contributed by atoms with Crippen molar-refractivity contribution in [3.63, 3.8) is 0 Å². The second-order valence-electron chi connectivity index (χ2n) is 5.78. The van der Waals surface area contributed by atoms with Crippen LogP contribution in [0.15, 0.2) is 28.8 Å². The molecule has 0 radical (unpaired) electrons. The van der Waals surface area contributed by atoms with Crippen molar-refractivity contribution in [2.45, 2.75) is 38.3 Å². The van der Waals surface area contributed by atoms with Gasteiger partial charge in [-0.05, 0) is 50.5 Å². The van der Waals surface area contributed by atoms with Crippen LogP contribution in [0.2, 0.25) is 0 Å². The molecule has 1 saturated carbocycles. The number of benzene rings is 1. The van der Waals surface area contributed by atoms with E-state index in [9.17, 15) is 9.90 Å². The molecule has 6 nitrogen and oxygen atoms in total. The van der Waals surface area contributed by atoms with E-state index in [0.717, 1.165) is 24.8 Å². The second kappa shape index (κ2) is 6.42. The van der Waals surface area contributed by atoms with E-state index in [4.69, 9.17) is 9.26 Å². The van der Waals surface area contributed by atoms with E-state index in [1.807, 2.05) is 12.1 Å². The van der Waals surface area contributed by atoms with Gasteiger partial charge in [0, 0.05) is 11.6 Å². The molecule has 1 aliphatic carbocycles. The molecule has 122 valence electrons. The van der Waals surface area contributed by atoms with Crippen LogP contribution in [0, 0.1) is 0 Å². The predicted octanol–water partition coefficient (Wildman–Crippen LogP) is 2.69. The fraction of sp³-hybridized carbons (Fsp3) is 0.412. The number of ether oxygens (including phenoxy) is 1. The van der Waals surface area contributed by atoms with Crippen molar-refractivity contribution in [2.24, 2.45) is 0 Å². The molecule has 1 aromatic heterocycles. The Morgan fingerprint density at radius 3 is 2.61 bits per heavy atom. The summed E-state index contributed by atoms with van der Waals surface area (Å²) in [5.41, 5.74) is 1.47. The molecule has 0 bridgehead atoms. The van der Waals surface area contributed by atoms with Gasteiger partial charge in [-0.15, -0.1) is 0 Å². The van der Waals surface area contributed by atoms with E-state index in [2.05, 4.69) is 10.5 Å². The van der Waals surface area contributed by atoms with Crippen molar-refractivity contribution in [1.82, 2.24) is 10.5 Å². The van der Waals surface area contributed by atoms with E-state index >= 15 is 0 Å². The zero-order valence-corrected chi connectivity index (χ0v) is 13.2. The second-order valence-corrected chi connectivity index (χ2v) is 5.78. The molecule has 0 spiro atoms. The van der Waals surface area contributed by atoms with Crippen LogP contribution in [-0.2, 0) is 0 Å². The molecular formula is C17H20N2O4. The zero-order valence-electron chi connectivity index (χ0n) is 13.2. The molecule has 2 N–H and O–H groups in total. The highest BCUT2D eigenvalue weighted by atomic mass is 16.5. The summed E-state index contributed by atoms with van der Waals surface area (Å²) in [4.78, 5) is 12.6. The van der Waals surface area contributed by atoms with Gasteiger partial charge in [0.2, 0.25) is 0 Å². The first-order valence-electron chi connectivity index (χ1n) is 7.73. The number of rotatable bonds is 5. The maximum atomic E-state index is 12.6. The largest absolute Gasteiger partial charge is 0.497 e. The number of aliphatic hydroxyl groups excluding tert-OH is 1. The summed E-state index contributed by atoms with van der Waals surface area (Å²) < 4.78 is 10.4. The number of hydrogen-bond donors (Lipinski definition) is 2. The maximum Gasteiger partial charge on any atom is 0.257 e. The van der Waals surface area contributed by atoms with Crippen molar-refractivity contribution in [2.75, 3.05) is 7.11 Å². The van der Waals surface area contributed by atoms with Crippen LogP contribution in [0.25, 0.3) is 11.3 Å². The van der Waals surface area contributed by atoms with Crippen molar-refractivity contribution in [3.8, 4) is 17.0 Å². The van der Waals surface area contributed by atoms with Crippen LogP contribution in [0.3, 0.4) is 0 Å². The first-order valence-corrected chi connectivity index (χ1v) is 7.73. The third-order valence-corrected chi connectivity index (χ3v) is 4.13. The number of hydrogen-bond acceptors (Lipinski definition) is 5. The quantitative estimate of drug-likeness (QED) is 0.886. The third-order valence-electron chi connectivity index (χ3n) is 4.13. The molecule has 6 heteroatoms. The van der Waals surface area contributed by atoms with Crippen LogP contribution >= 0.6 is 0 Å². The highest BCUT2D eigenvalue weighted by Crippen LogP contribution is 2.31. The highest BCUT2D eigenvalue weighted by Gasteiger charge is 2.29. The lowest BCUT2D eigenvalue weighted by atomic mass is 9.92. The van der Waals surface area contributed by atoms with Gasteiger partial charge in [0.05, 0.1) is 7.11 Å². The van der Waals surface area contributed by atoms with Crippen molar-refractivity contribution in [3.05, 3.63) is 35.6 Å². The molecule has 23 heavy (non-hydrogen) atoms. The summed E-state index contributed by atoms with van der Waals surface area (Å²) in [5, 5.41) is 16.8. The minimum atomic E-state index is -0.906. The topological polar surface area (TPSA) is 84.6 Å². The van der Waals surface area contributed by atoms with E-state index < -0.39 is 6.10 Å². The van der Waals surface area contributed by atoms with Crippen molar-refractivity contribution in [1.29, 1.82) is 0 Å². The molecule has 1 heterocycles. The van der Waals surface area contributed by atoms with Gasteiger partial charge in [0.25, 0.3) is 5.91 Å². The first kappa shape index (κ1) is 15.6.